The second-order valence-electron chi connectivity index (χ2n) is 4.01. The van der Waals surface area contributed by atoms with Crippen LogP contribution in [0.5, 0.6) is 0 Å². The molecule has 2 saturated heterocycles. The van der Waals surface area contributed by atoms with Crippen molar-refractivity contribution >= 4 is 5.91 Å². The van der Waals surface area contributed by atoms with Crippen molar-refractivity contribution in [2.45, 2.75) is 12.8 Å². The Morgan fingerprint density at radius 3 is 2.93 bits per heavy atom. The number of amides is 1. The normalized spacial score (nSPS) is 28.9. The van der Waals surface area contributed by atoms with Crippen LogP contribution in [-0.2, 0) is 9.53 Å². The molecule has 1 amide bonds. The second-order valence-corrected chi connectivity index (χ2v) is 4.01. The Kier molecular flexibility index (Phi) is 3.37. The zero-order chi connectivity index (χ0) is 9.80. The number of ether oxygens (including phenoxy) is 1. The molecule has 0 bridgehead atoms. The minimum absolute atomic E-state index is 0.0376. The van der Waals surface area contributed by atoms with Crippen LogP contribution in [0.15, 0.2) is 0 Å². The van der Waals surface area contributed by atoms with Gasteiger partial charge in [-0.05, 0) is 12.8 Å². The third-order valence-corrected chi connectivity index (χ3v) is 2.90. The van der Waals surface area contributed by atoms with E-state index in [9.17, 15) is 4.79 Å². The average Bonchev–Trinajstić information content (AvgIpc) is 2.59. The molecule has 4 nitrogen and oxygen atoms in total. The van der Waals surface area contributed by atoms with Gasteiger partial charge in [-0.2, -0.15) is 0 Å². The molecule has 2 aliphatic rings. The average molecular weight is 198 g/mol. The largest absolute Gasteiger partial charge is 0.379 e. The van der Waals surface area contributed by atoms with Gasteiger partial charge in [-0.15, -0.1) is 0 Å². The molecule has 0 aliphatic carbocycles. The van der Waals surface area contributed by atoms with Gasteiger partial charge in [-0.1, -0.05) is 0 Å². The molecule has 1 atom stereocenters. The van der Waals surface area contributed by atoms with Crippen molar-refractivity contribution in [2.75, 3.05) is 39.4 Å². The summed E-state index contributed by atoms with van der Waals surface area (Å²) in [5.41, 5.74) is 0. The van der Waals surface area contributed by atoms with Gasteiger partial charge in [0.2, 0.25) is 5.91 Å². The van der Waals surface area contributed by atoms with E-state index in [0.29, 0.717) is 6.61 Å². The number of hydrogen-bond donors (Lipinski definition) is 1. The van der Waals surface area contributed by atoms with Crippen molar-refractivity contribution in [2.24, 2.45) is 5.92 Å². The van der Waals surface area contributed by atoms with Crippen LogP contribution in [0.4, 0.5) is 0 Å². The molecule has 0 aromatic carbocycles. The van der Waals surface area contributed by atoms with Gasteiger partial charge in [0.15, 0.2) is 0 Å². The van der Waals surface area contributed by atoms with Gasteiger partial charge in [0.1, 0.15) is 0 Å². The van der Waals surface area contributed by atoms with Crippen LogP contribution in [0.2, 0.25) is 0 Å². The Balaban J connectivity index is 1.88. The number of nitrogens with one attached hydrogen (secondary N) is 1. The molecule has 0 aromatic rings. The first-order chi connectivity index (χ1) is 6.88. The predicted molar refractivity (Wildman–Crippen MR) is 53.0 cm³/mol. The van der Waals surface area contributed by atoms with Crippen LogP contribution < -0.4 is 5.32 Å². The van der Waals surface area contributed by atoms with Crippen LogP contribution in [0.3, 0.4) is 0 Å². The highest BCUT2D eigenvalue weighted by molar-refractivity contribution is 5.79. The summed E-state index contributed by atoms with van der Waals surface area (Å²) in [6, 6.07) is 0. The van der Waals surface area contributed by atoms with Crippen LogP contribution >= 0.6 is 0 Å². The number of likely N-dealkylation sites (tertiary alicyclic amines) is 1. The summed E-state index contributed by atoms with van der Waals surface area (Å²) in [7, 11) is 0. The minimum atomic E-state index is 0.0376. The summed E-state index contributed by atoms with van der Waals surface area (Å²) < 4.78 is 5.38. The highest BCUT2D eigenvalue weighted by atomic mass is 16.5. The number of carbonyl (C=O) groups excluding carboxylic acids is 1. The fraction of sp³-hybridized carbons (Fsp3) is 0.900. The van der Waals surface area contributed by atoms with Crippen LogP contribution in [0, 0.1) is 5.92 Å². The molecule has 0 spiro atoms. The first-order valence-electron chi connectivity index (χ1n) is 5.45. The van der Waals surface area contributed by atoms with E-state index < -0.39 is 0 Å². The molecular weight excluding hydrogens is 180 g/mol. The van der Waals surface area contributed by atoms with E-state index in [4.69, 9.17) is 4.74 Å². The van der Waals surface area contributed by atoms with Gasteiger partial charge < -0.3 is 15.0 Å². The van der Waals surface area contributed by atoms with Gasteiger partial charge in [0, 0.05) is 26.2 Å². The van der Waals surface area contributed by atoms with Gasteiger partial charge in [-0.3, -0.25) is 4.79 Å². The Hall–Kier alpha value is -0.610. The Morgan fingerprint density at radius 1 is 1.36 bits per heavy atom. The maximum atomic E-state index is 12.0. The summed E-state index contributed by atoms with van der Waals surface area (Å²) in [5.74, 6) is 0.313. The molecule has 2 aliphatic heterocycles. The summed E-state index contributed by atoms with van der Waals surface area (Å²) >= 11 is 0. The van der Waals surface area contributed by atoms with Gasteiger partial charge in [-0.25, -0.2) is 0 Å². The SMILES string of the molecule is O=C([C@H]1CNCCOC1)N1CCCC1. The summed E-state index contributed by atoms with van der Waals surface area (Å²) in [5, 5.41) is 3.23. The van der Waals surface area contributed by atoms with Crippen LogP contribution in [0.25, 0.3) is 0 Å². The lowest BCUT2D eigenvalue weighted by Crippen LogP contribution is -2.39. The second kappa shape index (κ2) is 4.75. The molecule has 0 unspecified atom stereocenters. The van der Waals surface area contributed by atoms with E-state index >= 15 is 0 Å². The number of rotatable bonds is 1. The first-order valence-corrected chi connectivity index (χ1v) is 5.45. The fourth-order valence-corrected chi connectivity index (χ4v) is 2.06. The van der Waals surface area contributed by atoms with Gasteiger partial charge in [0.05, 0.1) is 19.1 Å². The molecule has 2 heterocycles. The maximum Gasteiger partial charge on any atom is 0.229 e. The smallest absolute Gasteiger partial charge is 0.229 e. The van der Waals surface area contributed by atoms with Gasteiger partial charge in [0.25, 0.3) is 0 Å². The molecular formula is C10H18N2O2. The zero-order valence-corrected chi connectivity index (χ0v) is 8.50. The zero-order valence-electron chi connectivity index (χ0n) is 8.50. The third-order valence-electron chi connectivity index (χ3n) is 2.90. The van der Waals surface area contributed by atoms with Crippen molar-refractivity contribution in [3.63, 3.8) is 0 Å². The lowest BCUT2D eigenvalue weighted by molar-refractivity contribution is -0.135. The topological polar surface area (TPSA) is 41.6 Å². The molecule has 0 aromatic heterocycles. The lowest BCUT2D eigenvalue weighted by Gasteiger charge is -2.21. The summed E-state index contributed by atoms with van der Waals surface area (Å²) in [6.07, 6.45) is 2.32. The molecule has 2 rings (SSSR count). The third kappa shape index (κ3) is 2.25. The molecule has 0 radical (unpaired) electrons. The van der Waals surface area contributed by atoms with E-state index in [1.165, 1.54) is 0 Å². The van der Waals surface area contributed by atoms with Crippen LogP contribution in [-0.4, -0.2) is 50.2 Å². The Morgan fingerprint density at radius 2 is 2.14 bits per heavy atom. The molecule has 4 heteroatoms. The number of hydrogen-bond acceptors (Lipinski definition) is 3. The van der Waals surface area contributed by atoms with Crippen molar-refractivity contribution in [1.82, 2.24) is 10.2 Å². The van der Waals surface area contributed by atoms with Gasteiger partial charge >= 0.3 is 0 Å². The highest BCUT2D eigenvalue weighted by Crippen LogP contribution is 2.12. The number of nitrogens with zero attached hydrogens (tertiary/aromatic N) is 1. The van der Waals surface area contributed by atoms with E-state index in [1.807, 2.05) is 4.90 Å². The Bertz CT molecular complexity index is 194. The first kappa shape index (κ1) is 9.93. The molecule has 14 heavy (non-hydrogen) atoms. The monoisotopic (exact) mass is 198 g/mol. The van der Waals surface area contributed by atoms with Crippen molar-refractivity contribution in [1.29, 1.82) is 0 Å². The van der Waals surface area contributed by atoms with E-state index in [-0.39, 0.29) is 11.8 Å². The Labute approximate surface area is 84.6 Å². The van der Waals surface area contributed by atoms with Crippen molar-refractivity contribution in [3.8, 4) is 0 Å². The van der Waals surface area contributed by atoms with Crippen LogP contribution in [0.1, 0.15) is 12.8 Å². The molecule has 0 saturated carbocycles. The van der Waals surface area contributed by atoms with Crippen molar-refractivity contribution in [3.05, 3.63) is 0 Å². The van der Waals surface area contributed by atoms with E-state index in [1.54, 1.807) is 0 Å². The molecule has 2 fully saturated rings. The predicted octanol–water partition coefficient (Wildman–Crippen LogP) is -0.155. The molecule has 80 valence electrons. The minimum Gasteiger partial charge on any atom is -0.379 e. The standard InChI is InChI=1S/C10H18N2O2/c13-10(12-4-1-2-5-12)9-7-11-3-6-14-8-9/h9,11H,1-8H2/t9-/m0/s1. The van der Waals surface area contributed by atoms with E-state index in [0.717, 1.165) is 45.6 Å². The summed E-state index contributed by atoms with van der Waals surface area (Å²) in [6.45, 7) is 4.83. The summed E-state index contributed by atoms with van der Waals surface area (Å²) in [4.78, 5) is 13.9. The van der Waals surface area contributed by atoms with Crippen molar-refractivity contribution < 1.29 is 9.53 Å². The fourth-order valence-electron chi connectivity index (χ4n) is 2.06. The quantitative estimate of drug-likeness (QED) is 0.637. The maximum absolute atomic E-state index is 12.0. The number of carbonyl (C=O) groups is 1. The van der Waals surface area contributed by atoms with E-state index in [2.05, 4.69) is 5.32 Å². The lowest BCUT2D eigenvalue weighted by atomic mass is 10.1. The molecule has 1 N–H and O–H groups in total. The highest BCUT2D eigenvalue weighted by Gasteiger charge is 2.27.